The van der Waals surface area contributed by atoms with Crippen molar-refractivity contribution < 1.29 is 26.6 Å². The number of esters is 1. The van der Waals surface area contributed by atoms with Crippen molar-refractivity contribution in [3.05, 3.63) is 0 Å². The molecule has 253 valence electrons. The second-order valence-corrected chi connectivity index (χ2v) is 16.3. The van der Waals surface area contributed by atoms with Crippen LogP contribution in [-0.4, -0.2) is 61.4 Å². The van der Waals surface area contributed by atoms with E-state index in [4.69, 9.17) is 4.74 Å². The van der Waals surface area contributed by atoms with E-state index in [0.717, 1.165) is 12.8 Å². The molecule has 11 heteroatoms. The molecule has 45 heavy (non-hydrogen) atoms. The summed E-state index contributed by atoms with van der Waals surface area (Å²) in [5.41, 5.74) is 0. The van der Waals surface area contributed by atoms with Gasteiger partial charge in [-0.3, -0.25) is 47.3 Å². The van der Waals surface area contributed by atoms with E-state index in [1.807, 2.05) is 0 Å². The SMILES string of the molecule is CC(=O)OC1CCCC2C3NC4NC(NC5NC(NC6NC(NC(N3)C12)C1CCCCC61)C1CCCCC51)C1CCCCC41.[Mn]. The Balaban J connectivity index is 0.00000300. The van der Waals surface area contributed by atoms with Gasteiger partial charge in [-0.15, -0.1) is 0 Å². The number of hydrogen-bond acceptors (Lipinski definition) is 10. The van der Waals surface area contributed by atoms with Crippen LogP contribution in [0.5, 0.6) is 0 Å². The minimum atomic E-state index is -0.139. The predicted molar refractivity (Wildman–Crippen MR) is 168 cm³/mol. The van der Waals surface area contributed by atoms with Crippen LogP contribution in [0, 0.1) is 47.3 Å². The van der Waals surface area contributed by atoms with Crippen LogP contribution in [0.3, 0.4) is 0 Å². The zero-order chi connectivity index (χ0) is 29.4. The predicted octanol–water partition coefficient (Wildman–Crippen LogP) is 2.14. The van der Waals surface area contributed by atoms with Crippen molar-refractivity contribution >= 4 is 5.97 Å². The fraction of sp³-hybridized carbons (Fsp3) is 0.971. The third-order valence-corrected chi connectivity index (χ3v) is 14.1. The minimum absolute atomic E-state index is 0. The summed E-state index contributed by atoms with van der Waals surface area (Å²) in [6, 6.07) is 0. The first kappa shape index (κ1) is 31.9. The van der Waals surface area contributed by atoms with Crippen LogP contribution >= 0.6 is 0 Å². The van der Waals surface area contributed by atoms with Crippen LogP contribution in [-0.2, 0) is 26.6 Å². The monoisotopic (exact) mass is 665 g/mol. The first-order valence-corrected chi connectivity index (χ1v) is 18.9. The number of nitrogens with one attached hydrogen (secondary N) is 8. The maximum absolute atomic E-state index is 12.3. The van der Waals surface area contributed by atoms with Crippen LogP contribution in [0.1, 0.15) is 103 Å². The molecule has 5 saturated heterocycles. The molecule has 5 heterocycles. The van der Waals surface area contributed by atoms with E-state index in [1.165, 1.54) is 83.5 Å². The van der Waals surface area contributed by atoms with Crippen LogP contribution in [0.15, 0.2) is 0 Å². The zero-order valence-corrected chi connectivity index (χ0v) is 28.3. The van der Waals surface area contributed by atoms with Gasteiger partial charge in [-0.2, -0.15) is 0 Å². The van der Waals surface area contributed by atoms with Crippen LogP contribution in [0.25, 0.3) is 0 Å². The Morgan fingerprint density at radius 2 is 0.711 bits per heavy atom. The summed E-state index contributed by atoms with van der Waals surface area (Å²) >= 11 is 0. The van der Waals surface area contributed by atoms with Crippen LogP contribution in [0.2, 0.25) is 0 Å². The molecular weight excluding hydrogens is 607 g/mol. The van der Waals surface area contributed by atoms with Gasteiger partial charge in [0.2, 0.25) is 0 Å². The van der Waals surface area contributed by atoms with E-state index in [0.29, 0.717) is 72.3 Å². The molecule has 0 amide bonds. The van der Waals surface area contributed by atoms with Gasteiger partial charge in [-0.1, -0.05) is 38.5 Å². The molecule has 1 radical (unpaired) electrons. The Hall–Kier alpha value is -0.331. The van der Waals surface area contributed by atoms with Crippen molar-refractivity contribution in [3.63, 3.8) is 0 Å². The Morgan fingerprint density at radius 1 is 0.422 bits per heavy atom. The quantitative estimate of drug-likeness (QED) is 0.156. The molecule has 0 aromatic heterocycles. The number of ether oxygens (including phenoxy) is 1. The Morgan fingerprint density at radius 3 is 1.04 bits per heavy atom. The summed E-state index contributed by atoms with van der Waals surface area (Å²) in [6.45, 7) is 1.59. The topological polar surface area (TPSA) is 123 Å². The number of fused-ring (bicyclic) bond motifs is 20. The van der Waals surface area contributed by atoms with Gasteiger partial charge in [0.05, 0.1) is 49.3 Å². The van der Waals surface area contributed by atoms with E-state index in [2.05, 4.69) is 42.5 Å². The summed E-state index contributed by atoms with van der Waals surface area (Å²) in [5, 5.41) is 33.4. The first-order valence-electron chi connectivity index (χ1n) is 18.9. The molecular formula is C34H58MnN8O2. The van der Waals surface area contributed by atoms with Crippen molar-refractivity contribution in [1.29, 1.82) is 0 Å². The molecule has 5 aliphatic heterocycles. The average Bonchev–Trinajstić information content (AvgIpc) is 3.77. The normalized spacial score (nSPS) is 53.8. The number of hydrogen-bond donors (Lipinski definition) is 8. The molecule has 17 unspecified atom stereocenters. The molecule has 0 aromatic rings. The van der Waals surface area contributed by atoms with Crippen molar-refractivity contribution in [2.24, 2.45) is 47.3 Å². The number of carbonyl (C=O) groups excluding carboxylic acids is 1. The smallest absolute Gasteiger partial charge is 0.302 e. The molecule has 0 aromatic carbocycles. The second-order valence-electron chi connectivity index (χ2n) is 16.3. The van der Waals surface area contributed by atoms with Crippen molar-refractivity contribution in [2.45, 2.75) is 159 Å². The molecule has 9 rings (SSSR count). The molecule has 9 aliphatic rings. The summed E-state index contributed by atoms with van der Waals surface area (Å²) < 4.78 is 6.08. The summed E-state index contributed by atoms with van der Waals surface area (Å²) in [5.74, 6) is 4.55. The summed E-state index contributed by atoms with van der Waals surface area (Å²) in [6.07, 6.45) is 21.5. The van der Waals surface area contributed by atoms with E-state index < -0.39 is 0 Å². The fourth-order valence-electron chi connectivity index (χ4n) is 12.3. The molecule has 0 spiro atoms. The molecule has 8 N–H and O–H groups in total. The van der Waals surface area contributed by atoms with E-state index in [-0.39, 0.29) is 53.6 Å². The molecule has 4 aliphatic carbocycles. The molecule has 17 atom stereocenters. The molecule has 9 fully saturated rings. The first-order chi connectivity index (χ1) is 21.6. The third-order valence-electron chi connectivity index (χ3n) is 14.1. The fourth-order valence-corrected chi connectivity index (χ4v) is 12.3. The van der Waals surface area contributed by atoms with Crippen molar-refractivity contribution in [2.75, 3.05) is 0 Å². The van der Waals surface area contributed by atoms with E-state index in [1.54, 1.807) is 6.92 Å². The number of rotatable bonds is 1. The van der Waals surface area contributed by atoms with Crippen LogP contribution < -0.4 is 42.5 Å². The van der Waals surface area contributed by atoms with E-state index >= 15 is 0 Å². The summed E-state index contributed by atoms with van der Waals surface area (Å²) in [4.78, 5) is 12.3. The van der Waals surface area contributed by atoms with Gasteiger partial charge in [-0.25, -0.2) is 0 Å². The Labute approximate surface area is 280 Å². The van der Waals surface area contributed by atoms with Crippen molar-refractivity contribution in [3.8, 4) is 0 Å². The van der Waals surface area contributed by atoms with Gasteiger partial charge in [0.1, 0.15) is 6.10 Å². The second kappa shape index (κ2) is 13.2. The van der Waals surface area contributed by atoms with Gasteiger partial charge >= 0.3 is 5.97 Å². The molecule has 8 bridgehead atoms. The maximum atomic E-state index is 12.3. The van der Waals surface area contributed by atoms with Gasteiger partial charge < -0.3 is 4.74 Å². The standard InChI is InChI=1S/C34H58N8O2.Mn/c1-17(43)44-25-16-8-15-24-26(25)34-41-32-23-14-7-6-13-22(23)30(39-32)37-28-19-10-3-2-9-18(19)27(35-28)36-29-20-11-4-5-12-21(20)31(38-29)40-33(24)42-34;/h18-42H,2-16H2,1H3;. The van der Waals surface area contributed by atoms with E-state index in [9.17, 15) is 4.79 Å². The van der Waals surface area contributed by atoms with Gasteiger partial charge in [-0.05, 0) is 99.2 Å². The molecule has 4 saturated carbocycles. The Kier molecular flexibility index (Phi) is 9.35. The van der Waals surface area contributed by atoms with Crippen molar-refractivity contribution in [1.82, 2.24) is 42.5 Å². The van der Waals surface area contributed by atoms with Gasteiger partial charge in [0.15, 0.2) is 0 Å². The summed E-state index contributed by atoms with van der Waals surface area (Å²) in [7, 11) is 0. The largest absolute Gasteiger partial charge is 0.462 e. The third kappa shape index (κ3) is 5.77. The average molecular weight is 666 g/mol. The maximum Gasteiger partial charge on any atom is 0.302 e. The molecule has 10 nitrogen and oxygen atoms in total. The van der Waals surface area contributed by atoms with Gasteiger partial charge in [0.25, 0.3) is 0 Å². The zero-order valence-electron chi connectivity index (χ0n) is 27.1. The Bertz CT molecular complexity index is 1070. The minimum Gasteiger partial charge on any atom is -0.462 e. The number of carbonyl (C=O) groups is 1. The van der Waals surface area contributed by atoms with Crippen LogP contribution in [0.4, 0.5) is 0 Å². The van der Waals surface area contributed by atoms with Gasteiger partial charge in [0, 0.05) is 29.9 Å².